The molecule has 3 rings (SSSR count). The van der Waals surface area contributed by atoms with Gasteiger partial charge in [0.05, 0.1) is 24.5 Å². The van der Waals surface area contributed by atoms with Crippen molar-refractivity contribution in [3.8, 4) is 0 Å². The topological polar surface area (TPSA) is 41.6 Å². The van der Waals surface area contributed by atoms with Gasteiger partial charge in [-0.05, 0) is 11.6 Å². The second kappa shape index (κ2) is 3.79. The Morgan fingerprint density at radius 3 is 2.88 bits per heavy atom. The highest BCUT2D eigenvalue weighted by atomic mass is 16.5. The van der Waals surface area contributed by atoms with Crippen molar-refractivity contribution in [2.45, 2.75) is 6.54 Å². The maximum Gasteiger partial charge on any atom is 0.254 e. The van der Waals surface area contributed by atoms with E-state index >= 15 is 0 Å². The highest BCUT2D eigenvalue weighted by molar-refractivity contribution is 6.03. The molecule has 1 saturated heterocycles. The van der Waals surface area contributed by atoms with E-state index in [0.29, 0.717) is 6.54 Å². The molecule has 4 nitrogen and oxygen atoms in total. The molecule has 16 heavy (non-hydrogen) atoms. The maximum absolute atomic E-state index is 11.8. The highest BCUT2D eigenvalue weighted by Crippen LogP contribution is 2.27. The van der Waals surface area contributed by atoms with Crippen LogP contribution in [0.2, 0.25) is 0 Å². The highest BCUT2D eigenvalue weighted by Gasteiger charge is 2.25. The van der Waals surface area contributed by atoms with Gasteiger partial charge in [-0.15, -0.1) is 0 Å². The number of benzene rings is 1. The summed E-state index contributed by atoms with van der Waals surface area (Å²) < 4.78 is 5.33. The molecule has 84 valence electrons. The van der Waals surface area contributed by atoms with E-state index in [1.165, 1.54) is 0 Å². The maximum atomic E-state index is 11.8. The van der Waals surface area contributed by atoms with E-state index < -0.39 is 0 Å². The van der Waals surface area contributed by atoms with Crippen LogP contribution in [0.1, 0.15) is 15.9 Å². The van der Waals surface area contributed by atoms with Gasteiger partial charge in [-0.1, -0.05) is 12.1 Å². The van der Waals surface area contributed by atoms with Crippen LogP contribution >= 0.6 is 0 Å². The van der Waals surface area contributed by atoms with Crippen molar-refractivity contribution in [3.63, 3.8) is 0 Å². The fourth-order valence-electron chi connectivity index (χ4n) is 2.33. The molecule has 1 amide bonds. The Kier molecular flexibility index (Phi) is 2.29. The number of fused-ring (bicyclic) bond motifs is 1. The average Bonchev–Trinajstić information content (AvgIpc) is 2.73. The minimum Gasteiger partial charge on any atom is -0.378 e. The monoisotopic (exact) mass is 218 g/mol. The molecule has 1 aromatic rings. The number of amides is 1. The van der Waals surface area contributed by atoms with Crippen LogP contribution in [0.15, 0.2) is 18.2 Å². The lowest BCUT2D eigenvalue weighted by atomic mass is 10.1. The Labute approximate surface area is 94.2 Å². The number of carbonyl (C=O) groups excluding carboxylic acids is 1. The predicted octanol–water partition coefficient (Wildman–Crippen LogP) is 0.767. The molecule has 1 N–H and O–H groups in total. The van der Waals surface area contributed by atoms with Gasteiger partial charge in [0.1, 0.15) is 0 Å². The van der Waals surface area contributed by atoms with E-state index in [1.807, 2.05) is 18.2 Å². The fourth-order valence-corrected chi connectivity index (χ4v) is 2.33. The Balaban J connectivity index is 2.00. The SMILES string of the molecule is O=C1NCc2cccc(N3CCOCC3)c21. The van der Waals surface area contributed by atoms with E-state index in [9.17, 15) is 4.79 Å². The molecule has 2 aliphatic rings. The van der Waals surface area contributed by atoms with Crippen LogP contribution < -0.4 is 10.2 Å². The molecule has 0 aliphatic carbocycles. The lowest BCUT2D eigenvalue weighted by Crippen LogP contribution is -2.37. The summed E-state index contributed by atoms with van der Waals surface area (Å²) in [6.07, 6.45) is 0. The number of anilines is 1. The lowest BCUT2D eigenvalue weighted by Gasteiger charge is -2.30. The molecule has 4 heteroatoms. The number of morpholine rings is 1. The molecule has 0 saturated carbocycles. The van der Waals surface area contributed by atoms with Crippen molar-refractivity contribution in [3.05, 3.63) is 29.3 Å². The van der Waals surface area contributed by atoms with Crippen molar-refractivity contribution >= 4 is 11.6 Å². The third-order valence-electron chi connectivity index (χ3n) is 3.15. The molecule has 1 aromatic carbocycles. The summed E-state index contributed by atoms with van der Waals surface area (Å²) in [4.78, 5) is 14.0. The molecule has 0 radical (unpaired) electrons. The summed E-state index contributed by atoms with van der Waals surface area (Å²) in [5, 5.41) is 2.87. The minimum atomic E-state index is 0.0529. The zero-order valence-electron chi connectivity index (χ0n) is 9.03. The first kappa shape index (κ1) is 9.66. The van der Waals surface area contributed by atoms with Gasteiger partial charge in [-0.25, -0.2) is 0 Å². The second-order valence-electron chi connectivity index (χ2n) is 4.09. The van der Waals surface area contributed by atoms with Crippen molar-refractivity contribution in [1.29, 1.82) is 0 Å². The first-order chi connectivity index (χ1) is 7.86. The second-order valence-corrected chi connectivity index (χ2v) is 4.09. The van der Waals surface area contributed by atoms with E-state index in [1.54, 1.807) is 0 Å². The van der Waals surface area contributed by atoms with Gasteiger partial charge in [0.15, 0.2) is 0 Å². The van der Waals surface area contributed by atoms with Gasteiger partial charge in [-0.3, -0.25) is 4.79 Å². The predicted molar refractivity (Wildman–Crippen MR) is 60.6 cm³/mol. The fraction of sp³-hybridized carbons (Fsp3) is 0.417. The smallest absolute Gasteiger partial charge is 0.254 e. The molecular formula is C12H14N2O2. The molecule has 2 heterocycles. The summed E-state index contributed by atoms with van der Waals surface area (Å²) in [6.45, 7) is 3.87. The van der Waals surface area contributed by atoms with Crippen LogP contribution in [0.25, 0.3) is 0 Å². The van der Waals surface area contributed by atoms with Crippen LogP contribution in [0.4, 0.5) is 5.69 Å². The molecule has 1 fully saturated rings. The molecule has 0 spiro atoms. The number of carbonyl (C=O) groups is 1. The number of hydrogen-bond acceptors (Lipinski definition) is 3. The van der Waals surface area contributed by atoms with Crippen LogP contribution in [-0.2, 0) is 11.3 Å². The quantitative estimate of drug-likeness (QED) is 0.757. The van der Waals surface area contributed by atoms with Gasteiger partial charge in [0, 0.05) is 19.6 Å². The number of rotatable bonds is 1. The number of nitrogens with one attached hydrogen (secondary N) is 1. The zero-order chi connectivity index (χ0) is 11.0. The van der Waals surface area contributed by atoms with Crippen molar-refractivity contribution in [1.82, 2.24) is 5.32 Å². The Bertz CT molecular complexity index is 425. The van der Waals surface area contributed by atoms with Crippen LogP contribution in [0.3, 0.4) is 0 Å². The van der Waals surface area contributed by atoms with E-state index in [4.69, 9.17) is 4.74 Å². The van der Waals surface area contributed by atoms with E-state index in [-0.39, 0.29) is 5.91 Å². The summed E-state index contributed by atoms with van der Waals surface area (Å²) >= 11 is 0. The molecule has 0 atom stereocenters. The zero-order valence-corrected chi connectivity index (χ0v) is 9.03. The van der Waals surface area contributed by atoms with Gasteiger partial charge >= 0.3 is 0 Å². The summed E-state index contributed by atoms with van der Waals surface area (Å²) in [6, 6.07) is 6.05. The van der Waals surface area contributed by atoms with Crippen LogP contribution in [-0.4, -0.2) is 32.2 Å². The summed E-state index contributed by atoms with van der Waals surface area (Å²) in [5.74, 6) is 0.0529. The molecular weight excluding hydrogens is 204 g/mol. The molecule has 0 unspecified atom stereocenters. The Morgan fingerprint density at radius 1 is 1.25 bits per heavy atom. The third-order valence-corrected chi connectivity index (χ3v) is 3.15. The van der Waals surface area contributed by atoms with Gasteiger partial charge in [0.2, 0.25) is 0 Å². The van der Waals surface area contributed by atoms with Gasteiger partial charge in [0.25, 0.3) is 5.91 Å². The van der Waals surface area contributed by atoms with Crippen molar-refractivity contribution in [2.75, 3.05) is 31.2 Å². The normalized spacial score (nSPS) is 19.5. The van der Waals surface area contributed by atoms with Crippen LogP contribution in [0.5, 0.6) is 0 Å². The van der Waals surface area contributed by atoms with E-state index in [2.05, 4.69) is 10.2 Å². The first-order valence-electron chi connectivity index (χ1n) is 5.59. The minimum absolute atomic E-state index is 0.0529. The number of ether oxygens (including phenoxy) is 1. The average molecular weight is 218 g/mol. The third kappa shape index (κ3) is 1.46. The standard InChI is InChI=1S/C12H14N2O2/c15-12-11-9(8-13-12)2-1-3-10(11)14-4-6-16-7-5-14/h1-3H,4-8H2,(H,13,15). The lowest BCUT2D eigenvalue weighted by molar-refractivity contribution is 0.0964. The summed E-state index contributed by atoms with van der Waals surface area (Å²) in [7, 11) is 0. The Hall–Kier alpha value is -1.55. The van der Waals surface area contributed by atoms with Crippen molar-refractivity contribution in [2.24, 2.45) is 0 Å². The van der Waals surface area contributed by atoms with Gasteiger partial charge in [-0.2, -0.15) is 0 Å². The summed E-state index contributed by atoms with van der Waals surface area (Å²) in [5.41, 5.74) is 3.01. The molecule has 0 bridgehead atoms. The van der Waals surface area contributed by atoms with Crippen LogP contribution in [0, 0.1) is 0 Å². The van der Waals surface area contributed by atoms with E-state index in [0.717, 1.165) is 43.1 Å². The Morgan fingerprint density at radius 2 is 2.06 bits per heavy atom. The first-order valence-corrected chi connectivity index (χ1v) is 5.59. The molecule has 2 aliphatic heterocycles. The largest absolute Gasteiger partial charge is 0.378 e. The van der Waals surface area contributed by atoms with Gasteiger partial charge < -0.3 is 15.0 Å². The number of nitrogens with zero attached hydrogens (tertiary/aromatic N) is 1. The molecule has 0 aromatic heterocycles. The number of hydrogen-bond donors (Lipinski definition) is 1. The van der Waals surface area contributed by atoms with Crippen molar-refractivity contribution < 1.29 is 9.53 Å².